The van der Waals surface area contributed by atoms with E-state index >= 15 is 0 Å². The van der Waals surface area contributed by atoms with Crippen LogP contribution in [0.25, 0.3) is 0 Å². The number of aryl methyl sites for hydroxylation is 1. The summed E-state index contributed by atoms with van der Waals surface area (Å²) >= 11 is 0. The van der Waals surface area contributed by atoms with Crippen molar-refractivity contribution in [1.82, 2.24) is 15.8 Å². The quantitative estimate of drug-likeness (QED) is 0.642. The lowest BCUT2D eigenvalue weighted by molar-refractivity contribution is 0.369. The number of hydrogen-bond donors (Lipinski definition) is 2. The third-order valence-corrected chi connectivity index (χ3v) is 1.88. The van der Waals surface area contributed by atoms with Gasteiger partial charge in [-0.25, -0.2) is 0 Å². The minimum atomic E-state index is 0.759. The van der Waals surface area contributed by atoms with Crippen LogP contribution in [0.15, 0.2) is 10.6 Å². The van der Waals surface area contributed by atoms with Gasteiger partial charge in [0.1, 0.15) is 0 Å². The van der Waals surface area contributed by atoms with Gasteiger partial charge in [0.15, 0.2) is 5.76 Å². The first-order valence-electron chi connectivity index (χ1n) is 5.16. The molecule has 0 saturated carbocycles. The zero-order chi connectivity index (χ0) is 10.2. The van der Waals surface area contributed by atoms with Crippen LogP contribution in [0, 0.1) is 6.92 Å². The Morgan fingerprint density at radius 3 is 2.71 bits per heavy atom. The Bertz CT molecular complexity index is 247. The maximum absolute atomic E-state index is 5.06. The van der Waals surface area contributed by atoms with E-state index in [4.69, 9.17) is 4.52 Å². The van der Waals surface area contributed by atoms with Gasteiger partial charge in [0.25, 0.3) is 0 Å². The number of hydrogen-bond acceptors (Lipinski definition) is 4. The van der Waals surface area contributed by atoms with Gasteiger partial charge in [-0.3, -0.25) is 0 Å². The van der Waals surface area contributed by atoms with Crippen LogP contribution in [0.2, 0.25) is 0 Å². The molecule has 1 aromatic heterocycles. The van der Waals surface area contributed by atoms with Crippen molar-refractivity contribution in [2.75, 3.05) is 19.6 Å². The summed E-state index contributed by atoms with van der Waals surface area (Å²) in [4.78, 5) is 0. The topological polar surface area (TPSA) is 50.1 Å². The van der Waals surface area contributed by atoms with Crippen LogP contribution in [0.3, 0.4) is 0 Å². The molecular formula is C10H19N3O. The van der Waals surface area contributed by atoms with E-state index in [-0.39, 0.29) is 0 Å². The molecule has 1 rings (SSSR count). The lowest BCUT2D eigenvalue weighted by Gasteiger charge is -2.03. The molecule has 1 heterocycles. The van der Waals surface area contributed by atoms with Crippen LogP contribution in [0.5, 0.6) is 0 Å². The second-order valence-corrected chi connectivity index (χ2v) is 3.36. The zero-order valence-electron chi connectivity index (χ0n) is 8.97. The molecule has 1 aromatic rings. The van der Waals surface area contributed by atoms with E-state index in [2.05, 4.69) is 22.7 Å². The molecule has 0 aliphatic rings. The number of nitrogens with zero attached hydrogens (tertiary/aromatic N) is 1. The Hall–Kier alpha value is -0.870. The predicted octanol–water partition coefficient (Wildman–Crippen LogP) is 1.07. The molecule has 0 saturated heterocycles. The van der Waals surface area contributed by atoms with E-state index in [1.165, 1.54) is 6.42 Å². The van der Waals surface area contributed by atoms with Crippen molar-refractivity contribution in [3.63, 3.8) is 0 Å². The van der Waals surface area contributed by atoms with E-state index in [0.717, 1.165) is 37.6 Å². The molecule has 0 amide bonds. The maximum atomic E-state index is 5.06. The van der Waals surface area contributed by atoms with Gasteiger partial charge >= 0.3 is 0 Å². The number of nitrogens with one attached hydrogen (secondary N) is 2. The highest BCUT2D eigenvalue weighted by Crippen LogP contribution is 2.00. The highest BCUT2D eigenvalue weighted by Gasteiger charge is 1.98. The van der Waals surface area contributed by atoms with Gasteiger partial charge in [-0.15, -0.1) is 0 Å². The Kier molecular flexibility index (Phi) is 5.25. The van der Waals surface area contributed by atoms with Gasteiger partial charge in [-0.2, -0.15) is 0 Å². The molecule has 4 heteroatoms. The van der Waals surface area contributed by atoms with Gasteiger partial charge in [0.05, 0.1) is 12.2 Å². The molecule has 0 bridgehead atoms. The molecular weight excluding hydrogens is 178 g/mol. The second kappa shape index (κ2) is 6.56. The molecule has 4 nitrogen and oxygen atoms in total. The first kappa shape index (κ1) is 11.2. The number of aromatic nitrogens is 1. The Balaban J connectivity index is 1.99. The molecule has 14 heavy (non-hydrogen) atoms. The molecule has 0 radical (unpaired) electrons. The van der Waals surface area contributed by atoms with E-state index < -0.39 is 0 Å². The molecule has 0 aliphatic heterocycles. The fraction of sp³-hybridized carbons (Fsp3) is 0.700. The van der Waals surface area contributed by atoms with Gasteiger partial charge in [0, 0.05) is 19.2 Å². The molecule has 0 atom stereocenters. The molecule has 0 aliphatic carbocycles. The van der Waals surface area contributed by atoms with E-state index in [0.29, 0.717) is 0 Å². The minimum Gasteiger partial charge on any atom is -0.360 e. The van der Waals surface area contributed by atoms with Crippen molar-refractivity contribution in [1.29, 1.82) is 0 Å². The van der Waals surface area contributed by atoms with Gasteiger partial charge in [0.2, 0.25) is 0 Å². The standard InChI is InChI=1S/C10H19N3O/c1-3-4-11-5-6-12-8-10-7-9(2)13-14-10/h7,11-12H,3-6,8H2,1-2H3. The number of rotatable bonds is 7. The fourth-order valence-corrected chi connectivity index (χ4v) is 1.19. The summed E-state index contributed by atoms with van der Waals surface area (Å²) in [7, 11) is 0. The summed E-state index contributed by atoms with van der Waals surface area (Å²) in [5.41, 5.74) is 0.936. The monoisotopic (exact) mass is 197 g/mol. The average Bonchev–Trinajstić information content (AvgIpc) is 2.58. The normalized spacial score (nSPS) is 10.7. The molecule has 0 unspecified atom stereocenters. The Labute approximate surface area is 85.1 Å². The minimum absolute atomic E-state index is 0.759. The highest BCUT2D eigenvalue weighted by molar-refractivity contribution is 5.02. The summed E-state index contributed by atoms with van der Waals surface area (Å²) in [5, 5.41) is 10.4. The van der Waals surface area contributed by atoms with Crippen molar-refractivity contribution in [3.8, 4) is 0 Å². The SMILES string of the molecule is CCCNCCNCc1cc(C)no1. The van der Waals surface area contributed by atoms with Crippen molar-refractivity contribution in [3.05, 3.63) is 17.5 Å². The van der Waals surface area contributed by atoms with Crippen LogP contribution in [0.4, 0.5) is 0 Å². The average molecular weight is 197 g/mol. The molecule has 80 valence electrons. The van der Waals surface area contributed by atoms with Gasteiger partial charge < -0.3 is 15.2 Å². The lowest BCUT2D eigenvalue weighted by Crippen LogP contribution is -2.27. The van der Waals surface area contributed by atoms with Crippen LogP contribution < -0.4 is 10.6 Å². The van der Waals surface area contributed by atoms with E-state index in [9.17, 15) is 0 Å². The lowest BCUT2D eigenvalue weighted by atomic mass is 10.4. The molecule has 0 spiro atoms. The van der Waals surface area contributed by atoms with Crippen molar-refractivity contribution in [2.24, 2.45) is 0 Å². The highest BCUT2D eigenvalue weighted by atomic mass is 16.5. The van der Waals surface area contributed by atoms with Crippen LogP contribution in [-0.2, 0) is 6.54 Å². The van der Waals surface area contributed by atoms with Crippen LogP contribution in [-0.4, -0.2) is 24.8 Å². The summed E-state index contributed by atoms with van der Waals surface area (Å²) in [6.45, 7) is 7.89. The van der Waals surface area contributed by atoms with Crippen LogP contribution >= 0.6 is 0 Å². The first-order valence-corrected chi connectivity index (χ1v) is 5.16. The van der Waals surface area contributed by atoms with Crippen molar-refractivity contribution < 1.29 is 4.52 Å². The first-order chi connectivity index (χ1) is 6.83. The van der Waals surface area contributed by atoms with Crippen LogP contribution in [0.1, 0.15) is 24.8 Å². The fourth-order valence-electron chi connectivity index (χ4n) is 1.19. The predicted molar refractivity (Wildman–Crippen MR) is 56.1 cm³/mol. The van der Waals surface area contributed by atoms with Crippen molar-refractivity contribution >= 4 is 0 Å². The summed E-state index contributed by atoms with van der Waals surface area (Å²) < 4.78 is 5.06. The molecule has 0 fully saturated rings. The smallest absolute Gasteiger partial charge is 0.150 e. The largest absolute Gasteiger partial charge is 0.360 e. The van der Waals surface area contributed by atoms with E-state index in [1.807, 2.05) is 13.0 Å². The Morgan fingerprint density at radius 1 is 1.29 bits per heavy atom. The third kappa shape index (κ3) is 4.39. The second-order valence-electron chi connectivity index (χ2n) is 3.36. The third-order valence-electron chi connectivity index (χ3n) is 1.88. The van der Waals surface area contributed by atoms with Gasteiger partial charge in [-0.1, -0.05) is 12.1 Å². The molecule has 0 aromatic carbocycles. The van der Waals surface area contributed by atoms with Gasteiger partial charge in [-0.05, 0) is 19.9 Å². The summed E-state index contributed by atoms with van der Waals surface area (Å²) in [6, 6.07) is 1.95. The van der Waals surface area contributed by atoms with E-state index in [1.54, 1.807) is 0 Å². The zero-order valence-corrected chi connectivity index (χ0v) is 8.97. The molecule has 2 N–H and O–H groups in total. The summed E-state index contributed by atoms with van der Waals surface area (Å²) in [5.74, 6) is 0.901. The maximum Gasteiger partial charge on any atom is 0.150 e. The van der Waals surface area contributed by atoms with Crippen molar-refractivity contribution in [2.45, 2.75) is 26.8 Å². The Morgan fingerprint density at radius 2 is 2.07 bits per heavy atom. The summed E-state index contributed by atoms with van der Waals surface area (Å²) in [6.07, 6.45) is 1.18.